The lowest BCUT2D eigenvalue weighted by atomic mass is 10.0. The summed E-state index contributed by atoms with van der Waals surface area (Å²) in [5, 5.41) is 3.09. The number of likely N-dealkylation sites (N-methyl/N-ethyl adjacent to an activating group) is 1. The average molecular weight is 627 g/mol. The van der Waals surface area contributed by atoms with E-state index in [1.807, 2.05) is 54.6 Å². The Kier molecular flexibility index (Phi) is 10.0. The summed E-state index contributed by atoms with van der Waals surface area (Å²) in [5.74, 6) is -0.931. The molecule has 7 nitrogen and oxygen atoms in total. The van der Waals surface area contributed by atoms with Gasteiger partial charge in [0.2, 0.25) is 21.8 Å². The van der Waals surface area contributed by atoms with E-state index in [1.165, 1.54) is 30.1 Å². The number of benzene rings is 3. The van der Waals surface area contributed by atoms with Gasteiger partial charge < -0.3 is 10.2 Å². The second-order valence-corrected chi connectivity index (χ2v) is 12.1. The molecule has 3 aromatic carbocycles. The number of sulfonamides is 1. The number of amides is 2. The molecule has 0 fully saturated rings. The normalized spacial score (nSPS) is 12.0. The number of halogens is 3. The third-order valence-electron chi connectivity index (χ3n) is 5.60. The van der Waals surface area contributed by atoms with E-state index in [-0.39, 0.29) is 34.6 Å². The SMILES string of the molecule is CNC(=O)[C@@H](Cc1ccccc1)N(Cc1ccc(Br)cc1)C(=O)CN(c1cc(Cl)cc(Cl)c1)S(C)(=O)=O. The molecule has 1 atom stereocenters. The van der Waals surface area contributed by atoms with Crippen molar-refractivity contribution in [3.63, 3.8) is 0 Å². The zero-order valence-corrected chi connectivity index (χ0v) is 24.1. The monoisotopic (exact) mass is 625 g/mol. The van der Waals surface area contributed by atoms with E-state index in [4.69, 9.17) is 23.2 Å². The van der Waals surface area contributed by atoms with E-state index < -0.39 is 28.5 Å². The summed E-state index contributed by atoms with van der Waals surface area (Å²) in [4.78, 5) is 28.3. The Balaban J connectivity index is 2.03. The number of nitrogens with zero attached hydrogens (tertiary/aromatic N) is 2. The number of carbonyl (C=O) groups is 2. The molecule has 196 valence electrons. The lowest BCUT2D eigenvalue weighted by Crippen LogP contribution is -2.52. The molecule has 0 bridgehead atoms. The van der Waals surface area contributed by atoms with Gasteiger partial charge in [-0.25, -0.2) is 8.42 Å². The van der Waals surface area contributed by atoms with Crippen molar-refractivity contribution in [2.45, 2.75) is 19.0 Å². The second-order valence-electron chi connectivity index (χ2n) is 8.37. The first-order valence-corrected chi connectivity index (χ1v) is 14.6. The van der Waals surface area contributed by atoms with Crippen molar-refractivity contribution in [1.29, 1.82) is 0 Å². The van der Waals surface area contributed by atoms with Gasteiger partial charge in [-0.1, -0.05) is 81.6 Å². The van der Waals surface area contributed by atoms with Crippen LogP contribution in [0.5, 0.6) is 0 Å². The van der Waals surface area contributed by atoms with Crippen LogP contribution in [0.4, 0.5) is 5.69 Å². The van der Waals surface area contributed by atoms with Gasteiger partial charge in [-0.05, 0) is 41.5 Å². The molecule has 0 aliphatic heterocycles. The summed E-state index contributed by atoms with van der Waals surface area (Å²) in [7, 11) is -2.41. The molecule has 0 aliphatic carbocycles. The maximum absolute atomic E-state index is 13.8. The number of hydrogen-bond donors (Lipinski definition) is 1. The Bertz CT molecular complexity index is 1340. The number of nitrogens with one attached hydrogen (secondary N) is 1. The first-order valence-electron chi connectivity index (χ1n) is 11.2. The fourth-order valence-electron chi connectivity index (χ4n) is 3.80. The summed E-state index contributed by atoms with van der Waals surface area (Å²) in [6.07, 6.45) is 1.24. The quantitative estimate of drug-likeness (QED) is 0.347. The molecule has 11 heteroatoms. The van der Waals surface area contributed by atoms with Crippen LogP contribution in [0.15, 0.2) is 77.3 Å². The van der Waals surface area contributed by atoms with Crippen molar-refractivity contribution in [1.82, 2.24) is 10.2 Å². The number of rotatable bonds is 10. The van der Waals surface area contributed by atoms with Crippen molar-refractivity contribution in [2.24, 2.45) is 0 Å². The fourth-order valence-corrected chi connectivity index (χ4v) is 5.42. The summed E-state index contributed by atoms with van der Waals surface area (Å²) < 4.78 is 27.3. The van der Waals surface area contributed by atoms with Gasteiger partial charge in [0, 0.05) is 34.5 Å². The van der Waals surface area contributed by atoms with Gasteiger partial charge in [0.1, 0.15) is 12.6 Å². The molecule has 0 aliphatic rings. The van der Waals surface area contributed by atoms with Gasteiger partial charge in [-0.2, -0.15) is 0 Å². The van der Waals surface area contributed by atoms with Crippen LogP contribution in [-0.2, 0) is 32.6 Å². The van der Waals surface area contributed by atoms with E-state index in [9.17, 15) is 18.0 Å². The van der Waals surface area contributed by atoms with Crippen LogP contribution in [0.1, 0.15) is 11.1 Å². The highest BCUT2D eigenvalue weighted by atomic mass is 79.9. The minimum Gasteiger partial charge on any atom is -0.357 e. The van der Waals surface area contributed by atoms with E-state index in [1.54, 1.807) is 0 Å². The predicted molar refractivity (Wildman–Crippen MR) is 151 cm³/mol. The van der Waals surface area contributed by atoms with Crippen LogP contribution < -0.4 is 9.62 Å². The maximum atomic E-state index is 13.8. The molecule has 0 aromatic heterocycles. The highest BCUT2D eigenvalue weighted by molar-refractivity contribution is 9.10. The minimum atomic E-state index is -3.91. The summed E-state index contributed by atoms with van der Waals surface area (Å²) in [5.41, 5.74) is 1.78. The van der Waals surface area contributed by atoms with E-state index >= 15 is 0 Å². The van der Waals surface area contributed by atoms with Gasteiger partial charge in [0.15, 0.2) is 0 Å². The highest BCUT2D eigenvalue weighted by Crippen LogP contribution is 2.27. The molecule has 37 heavy (non-hydrogen) atoms. The first-order chi connectivity index (χ1) is 17.5. The molecule has 0 saturated carbocycles. The molecular weight excluding hydrogens is 601 g/mol. The third-order valence-corrected chi connectivity index (χ3v) is 7.70. The lowest BCUT2D eigenvalue weighted by Gasteiger charge is -2.33. The van der Waals surface area contributed by atoms with Crippen LogP contribution in [0.25, 0.3) is 0 Å². The average Bonchev–Trinajstić information content (AvgIpc) is 2.84. The van der Waals surface area contributed by atoms with Crippen molar-refractivity contribution >= 4 is 66.7 Å². The molecule has 0 unspecified atom stereocenters. The fraction of sp³-hybridized carbons (Fsp3) is 0.231. The summed E-state index contributed by atoms with van der Waals surface area (Å²) in [6, 6.07) is 20.1. The van der Waals surface area contributed by atoms with E-state index in [0.29, 0.717) is 0 Å². The Morgan fingerprint density at radius 1 is 0.946 bits per heavy atom. The van der Waals surface area contributed by atoms with Crippen LogP contribution >= 0.6 is 39.1 Å². The molecule has 0 radical (unpaired) electrons. The maximum Gasteiger partial charge on any atom is 0.244 e. The van der Waals surface area contributed by atoms with Gasteiger partial charge in [-0.15, -0.1) is 0 Å². The molecule has 3 aromatic rings. The smallest absolute Gasteiger partial charge is 0.244 e. The van der Waals surface area contributed by atoms with E-state index in [2.05, 4.69) is 21.2 Å². The van der Waals surface area contributed by atoms with Crippen LogP contribution in [0, 0.1) is 0 Å². The molecule has 2 amide bonds. The Morgan fingerprint density at radius 3 is 2.08 bits per heavy atom. The standard InChI is InChI=1S/C26H26BrCl2N3O4S/c1-30-26(34)24(12-18-6-4-3-5-7-18)31(16-19-8-10-20(27)11-9-19)25(33)17-32(37(2,35)36)23-14-21(28)13-22(29)15-23/h3-11,13-15,24H,12,16-17H2,1-2H3,(H,30,34)/t24-/m1/s1. The third kappa shape index (κ3) is 8.20. The van der Waals surface area contributed by atoms with Crippen LogP contribution in [-0.4, -0.2) is 51.0 Å². The Hall–Kier alpha value is -2.59. The molecule has 3 rings (SSSR count). The van der Waals surface area contributed by atoms with Gasteiger partial charge in [-0.3, -0.25) is 13.9 Å². The van der Waals surface area contributed by atoms with Gasteiger partial charge in [0.25, 0.3) is 0 Å². The molecule has 0 spiro atoms. The van der Waals surface area contributed by atoms with Gasteiger partial charge >= 0.3 is 0 Å². The van der Waals surface area contributed by atoms with Crippen molar-refractivity contribution in [3.05, 3.63) is 98.4 Å². The molecule has 0 heterocycles. The van der Waals surface area contributed by atoms with Crippen molar-refractivity contribution in [3.8, 4) is 0 Å². The number of hydrogen-bond acceptors (Lipinski definition) is 4. The number of carbonyl (C=O) groups excluding carboxylic acids is 2. The zero-order valence-electron chi connectivity index (χ0n) is 20.2. The first kappa shape index (κ1) is 29.0. The minimum absolute atomic E-state index is 0.0882. The van der Waals surface area contributed by atoms with Gasteiger partial charge in [0.05, 0.1) is 11.9 Å². The largest absolute Gasteiger partial charge is 0.357 e. The van der Waals surface area contributed by atoms with Crippen molar-refractivity contribution in [2.75, 3.05) is 24.2 Å². The second kappa shape index (κ2) is 12.8. The van der Waals surface area contributed by atoms with Crippen LogP contribution in [0.2, 0.25) is 10.0 Å². The summed E-state index contributed by atoms with van der Waals surface area (Å²) >= 11 is 15.6. The number of anilines is 1. The Morgan fingerprint density at radius 2 is 1.54 bits per heavy atom. The zero-order chi connectivity index (χ0) is 27.2. The van der Waals surface area contributed by atoms with Crippen LogP contribution in [0.3, 0.4) is 0 Å². The topological polar surface area (TPSA) is 86.8 Å². The molecular formula is C26H26BrCl2N3O4S. The highest BCUT2D eigenvalue weighted by Gasteiger charge is 2.32. The lowest BCUT2D eigenvalue weighted by molar-refractivity contribution is -0.139. The predicted octanol–water partition coefficient (Wildman–Crippen LogP) is 4.91. The Labute approximate surface area is 235 Å². The summed E-state index contributed by atoms with van der Waals surface area (Å²) in [6.45, 7) is -0.459. The molecule has 0 saturated heterocycles. The van der Waals surface area contributed by atoms with Crippen molar-refractivity contribution < 1.29 is 18.0 Å². The molecule has 1 N–H and O–H groups in total. The van der Waals surface area contributed by atoms with E-state index in [0.717, 1.165) is 26.2 Å².